The fraction of sp³-hybridized carbons (Fsp3) is 0.647. The lowest BCUT2D eigenvalue weighted by Gasteiger charge is -2.28. The summed E-state index contributed by atoms with van der Waals surface area (Å²) >= 11 is 6.47. The second kappa shape index (κ2) is 5.95. The molecule has 0 spiro atoms. The number of hydrogen-bond donors (Lipinski definition) is 1. The van der Waals surface area contributed by atoms with Crippen molar-refractivity contribution < 1.29 is 0 Å². The van der Waals surface area contributed by atoms with Gasteiger partial charge in [-0.05, 0) is 48.8 Å². The first-order chi connectivity index (χ1) is 9.27. The molecule has 1 saturated heterocycles. The lowest BCUT2D eigenvalue weighted by molar-refractivity contribution is 0.263. The third kappa shape index (κ3) is 3.67. The lowest BCUT2D eigenvalue weighted by atomic mass is 9.80. The third-order valence-corrected chi connectivity index (χ3v) is 4.63. The minimum absolute atomic E-state index is 0.175. The van der Waals surface area contributed by atoms with Gasteiger partial charge >= 0.3 is 0 Å². The van der Waals surface area contributed by atoms with E-state index in [-0.39, 0.29) is 6.04 Å². The molecular formula is C17H27ClN2. The molecule has 2 nitrogen and oxygen atoms in total. The molecule has 20 heavy (non-hydrogen) atoms. The quantitative estimate of drug-likeness (QED) is 0.909. The van der Waals surface area contributed by atoms with Crippen LogP contribution in [0.1, 0.15) is 39.7 Å². The Kier molecular flexibility index (Phi) is 4.66. The average Bonchev–Trinajstić information content (AvgIpc) is 2.77. The van der Waals surface area contributed by atoms with Crippen molar-refractivity contribution in [3.8, 4) is 0 Å². The van der Waals surface area contributed by atoms with Crippen LogP contribution in [-0.4, -0.2) is 19.1 Å². The Morgan fingerprint density at radius 1 is 1.40 bits per heavy atom. The molecule has 0 amide bonds. The first kappa shape index (κ1) is 15.7. The lowest BCUT2D eigenvalue weighted by Crippen LogP contribution is -2.26. The van der Waals surface area contributed by atoms with E-state index in [9.17, 15) is 0 Å². The van der Waals surface area contributed by atoms with Gasteiger partial charge in [0.05, 0.1) is 10.7 Å². The standard InChI is InChI=1S/C17H27ClN2/c1-12(19)9-13-5-6-16(15(18)10-13)20-8-7-14(11-20)17(2,3)4/h5-6,10,12,14H,7-9,11,19H2,1-4H3. The van der Waals surface area contributed by atoms with Gasteiger partial charge in [-0.15, -0.1) is 0 Å². The molecule has 112 valence electrons. The molecule has 1 aliphatic heterocycles. The van der Waals surface area contributed by atoms with Crippen molar-refractivity contribution in [3.05, 3.63) is 28.8 Å². The Labute approximate surface area is 128 Å². The van der Waals surface area contributed by atoms with E-state index in [0.717, 1.165) is 30.5 Å². The summed E-state index contributed by atoms with van der Waals surface area (Å²) < 4.78 is 0. The first-order valence-electron chi connectivity index (χ1n) is 7.56. The highest BCUT2D eigenvalue weighted by Gasteiger charge is 2.32. The predicted molar refractivity (Wildman–Crippen MR) is 88.6 cm³/mol. The van der Waals surface area contributed by atoms with Crippen LogP contribution in [0.5, 0.6) is 0 Å². The van der Waals surface area contributed by atoms with Crippen molar-refractivity contribution in [2.45, 2.75) is 46.6 Å². The fourth-order valence-electron chi connectivity index (χ4n) is 2.99. The molecule has 1 heterocycles. The largest absolute Gasteiger partial charge is 0.370 e. The van der Waals surface area contributed by atoms with Crippen LogP contribution in [0.25, 0.3) is 0 Å². The summed E-state index contributed by atoms with van der Waals surface area (Å²) in [5.41, 5.74) is 8.61. The summed E-state index contributed by atoms with van der Waals surface area (Å²) in [5, 5.41) is 0.859. The van der Waals surface area contributed by atoms with Crippen molar-refractivity contribution in [2.75, 3.05) is 18.0 Å². The number of anilines is 1. The highest BCUT2D eigenvalue weighted by atomic mass is 35.5. The molecule has 2 rings (SSSR count). The molecule has 2 N–H and O–H groups in total. The van der Waals surface area contributed by atoms with Crippen LogP contribution in [0.15, 0.2) is 18.2 Å². The van der Waals surface area contributed by atoms with E-state index < -0.39 is 0 Å². The van der Waals surface area contributed by atoms with E-state index in [0.29, 0.717) is 5.41 Å². The molecule has 0 bridgehead atoms. The monoisotopic (exact) mass is 294 g/mol. The fourth-order valence-corrected chi connectivity index (χ4v) is 3.31. The molecule has 0 saturated carbocycles. The van der Waals surface area contributed by atoms with Crippen molar-refractivity contribution in [2.24, 2.45) is 17.1 Å². The van der Waals surface area contributed by atoms with Gasteiger partial charge in [0.1, 0.15) is 0 Å². The Morgan fingerprint density at radius 3 is 2.60 bits per heavy atom. The van der Waals surface area contributed by atoms with Crippen LogP contribution >= 0.6 is 11.6 Å². The van der Waals surface area contributed by atoms with Crippen LogP contribution in [-0.2, 0) is 6.42 Å². The third-order valence-electron chi connectivity index (χ3n) is 4.32. The maximum Gasteiger partial charge on any atom is 0.0642 e. The van der Waals surface area contributed by atoms with Crippen LogP contribution in [0, 0.1) is 11.3 Å². The molecule has 1 aromatic carbocycles. The summed E-state index contributed by atoms with van der Waals surface area (Å²) in [6.07, 6.45) is 2.13. The highest BCUT2D eigenvalue weighted by molar-refractivity contribution is 6.33. The van der Waals surface area contributed by atoms with Crippen LogP contribution in [0.3, 0.4) is 0 Å². The topological polar surface area (TPSA) is 29.3 Å². The van der Waals surface area contributed by atoms with Crippen molar-refractivity contribution in [1.82, 2.24) is 0 Å². The second-order valence-electron chi connectivity index (χ2n) is 7.26. The number of nitrogens with zero attached hydrogens (tertiary/aromatic N) is 1. The van der Waals surface area contributed by atoms with Crippen LogP contribution in [0.4, 0.5) is 5.69 Å². The molecule has 0 aliphatic carbocycles. The van der Waals surface area contributed by atoms with Gasteiger partial charge in [0.2, 0.25) is 0 Å². The Bertz CT molecular complexity index is 463. The summed E-state index contributed by atoms with van der Waals surface area (Å²) in [5.74, 6) is 0.738. The molecule has 1 aliphatic rings. The van der Waals surface area contributed by atoms with Crippen molar-refractivity contribution in [3.63, 3.8) is 0 Å². The van der Waals surface area contributed by atoms with Crippen molar-refractivity contribution in [1.29, 1.82) is 0 Å². The van der Waals surface area contributed by atoms with Crippen LogP contribution < -0.4 is 10.6 Å². The molecule has 2 atom stereocenters. The summed E-state index contributed by atoms with van der Waals surface area (Å²) in [7, 11) is 0. The SMILES string of the molecule is CC(N)Cc1ccc(N2CCC(C(C)(C)C)C2)c(Cl)c1. The van der Waals surface area contributed by atoms with Gasteiger partial charge in [0.15, 0.2) is 0 Å². The minimum Gasteiger partial charge on any atom is -0.370 e. The Hall–Kier alpha value is -0.730. The Balaban J connectivity index is 2.11. The van der Waals surface area contributed by atoms with E-state index in [1.807, 2.05) is 6.92 Å². The minimum atomic E-state index is 0.175. The zero-order chi connectivity index (χ0) is 14.9. The van der Waals surface area contributed by atoms with Gasteiger partial charge < -0.3 is 10.6 Å². The van der Waals surface area contributed by atoms with Gasteiger partial charge in [-0.1, -0.05) is 38.4 Å². The number of hydrogen-bond acceptors (Lipinski definition) is 2. The normalized spacial score (nSPS) is 21.3. The molecule has 1 fully saturated rings. The molecule has 3 heteroatoms. The Morgan fingerprint density at radius 2 is 2.10 bits per heavy atom. The van der Waals surface area contributed by atoms with E-state index in [1.54, 1.807) is 0 Å². The summed E-state index contributed by atoms with van der Waals surface area (Å²) in [6.45, 7) is 11.2. The smallest absolute Gasteiger partial charge is 0.0642 e. The maximum atomic E-state index is 6.47. The number of rotatable bonds is 3. The number of nitrogens with two attached hydrogens (primary N) is 1. The average molecular weight is 295 g/mol. The maximum absolute atomic E-state index is 6.47. The van der Waals surface area contributed by atoms with E-state index in [1.165, 1.54) is 17.7 Å². The zero-order valence-electron chi connectivity index (χ0n) is 13.1. The predicted octanol–water partition coefficient (Wildman–Crippen LogP) is 4.10. The van der Waals surface area contributed by atoms with E-state index >= 15 is 0 Å². The molecule has 0 radical (unpaired) electrons. The van der Waals surface area contributed by atoms with Gasteiger partial charge in [-0.2, -0.15) is 0 Å². The molecule has 0 aromatic heterocycles. The number of benzene rings is 1. The van der Waals surface area contributed by atoms with Crippen molar-refractivity contribution >= 4 is 17.3 Å². The van der Waals surface area contributed by atoms with Gasteiger partial charge in [0, 0.05) is 19.1 Å². The second-order valence-corrected chi connectivity index (χ2v) is 7.67. The van der Waals surface area contributed by atoms with Gasteiger partial charge in [-0.3, -0.25) is 0 Å². The summed E-state index contributed by atoms with van der Waals surface area (Å²) in [4.78, 5) is 2.42. The highest BCUT2D eigenvalue weighted by Crippen LogP contribution is 2.38. The molecule has 1 aromatic rings. The first-order valence-corrected chi connectivity index (χ1v) is 7.94. The molecular weight excluding hydrogens is 268 g/mol. The molecule has 2 unspecified atom stereocenters. The van der Waals surface area contributed by atoms with E-state index in [4.69, 9.17) is 17.3 Å². The summed E-state index contributed by atoms with van der Waals surface area (Å²) in [6, 6.07) is 6.57. The zero-order valence-corrected chi connectivity index (χ0v) is 13.9. The van der Waals surface area contributed by atoms with Gasteiger partial charge in [0.25, 0.3) is 0 Å². The van der Waals surface area contributed by atoms with Crippen LogP contribution in [0.2, 0.25) is 5.02 Å². The van der Waals surface area contributed by atoms with Gasteiger partial charge in [-0.25, -0.2) is 0 Å². The number of halogens is 1. The van der Waals surface area contributed by atoms with E-state index in [2.05, 4.69) is 43.9 Å².